The van der Waals surface area contributed by atoms with E-state index in [-0.39, 0.29) is 17.9 Å². The lowest BCUT2D eigenvalue weighted by Gasteiger charge is -2.26. The van der Waals surface area contributed by atoms with Gasteiger partial charge in [0, 0.05) is 17.2 Å². The van der Waals surface area contributed by atoms with Crippen LogP contribution in [0, 0.1) is 0 Å². The van der Waals surface area contributed by atoms with Gasteiger partial charge < -0.3 is 28.6 Å². The fourth-order valence-corrected chi connectivity index (χ4v) is 3.89. The summed E-state index contributed by atoms with van der Waals surface area (Å²) in [7, 11) is 4.55. The second-order valence-corrected chi connectivity index (χ2v) is 7.34. The van der Waals surface area contributed by atoms with Crippen molar-refractivity contribution in [2.24, 2.45) is 0 Å². The van der Waals surface area contributed by atoms with Gasteiger partial charge in [0.15, 0.2) is 0 Å². The average molecular weight is 449 g/mol. The number of aliphatic hydroxyl groups is 1. The van der Waals surface area contributed by atoms with E-state index in [1.807, 2.05) is 0 Å². The number of nitrogens with zero attached hydrogens (tertiary/aromatic N) is 1. The molecule has 1 N–H and O–H groups in total. The summed E-state index contributed by atoms with van der Waals surface area (Å²) < 4.78 is 21.4. The molecule has 1 atom stereocenters. The molecular formula is C25H23NO7. The number of likely N-dealkylation sites (tertiary alicyclic amines) is 1. The summed E-state index contributed by atoms with van der Waals surface area (Å²) in [5.41, 5.74) is 0.864. The van der Waals surface area contributed by atoms with Crippen molar-refractivity contribution >= 4 is 17.4 Å². The Bertz CT molecular complexity index is 1200. The number of benzene rings is 2. The molecule has 1 saturated heterocycles. The highest BCUT2D eigenvalue weighted by Gasteiger charge is 2.47. The van der Waals surface area contributed by atoms with Crippen molar-refractivity contribution in [3.63, 3.8) is 0 Å². The SMILES string of the molecule is COc1ccc(/C(O)=C2/C(=O)C(=O)N(Cc3ccco3)C2c2ccc(OC)cc2OC)cc1. The first kappa shape index (κ1) is 22.0. The zero-order chi connectivity index (χ0) is 23.5. The van der Waals surface area contributed by atoms with Gasteiger partial charge in [-0.1, -0.05) is 0 Å². The molecule has 33 heavy (non-hydrogen) atoms. The first-order valence-corrected chi connectivity index (χ1v) is 10.2. The van der Waals surface area contributed by atoms with Crippen LogP contribution in [0.3, 0.4) is 0 Å². The minimum Gasteiger partial charge on any atom is -0.507 e. The third-order valence-electron chi connectivity index (χ3n) is 5.54. The summed E-state index contributed by atoms with van der Waals surface area (Å²) in [6.07, 6.45) is 1.49. The van der Waals surface area contributed by atoms with Gasteiger partial charge in [0.1, 0.15) is 28.8 Å². The Morgan fingerprint density at radius 2 is 1.67 bits per heavy atom. The van der Waals surface area contributed by atoms with Gasteiger partial charge in [-0.2, -0.15) is 0 Å². The molecular weight excluding hydrogens is 426 g/mol. The van der Waals surface area contributed by atoms with Crippen molar-refractivity contribution in [3.8, 4) is 17.2 Å². The number of Topliss-reactive ketones (excluding diaryl/α,β-unsaturated/α-hetero) is 1. The molecule has 1 fully saturated rings. The fourth-order valence-electron chi connectivity index (χ4n) is 3.89. The largest absolute Gasteiger partial charge is 0.507 e. The first-order chi connectivity index (χ1) is 16.0. The number of rotatable bonds is 7. The second kappa shape index (κ2) is 9.12. The van der Waals surface area contributed by atoms with Gasteiger partial charge in [0.2, 0.25) is 0 Å². The maximum atomic E-state index is 13.2. The average Bonchev–Trinajstić information content (AvgIpc) is 3.45. The van der Waals surface area contributed by atoms with E-state index >= 15 is 0 Å². The predicted molar refractivity (Wildman–Crippen MR) is 119 cm³/mol. The molecule has 0 saturated carbocycles. The molecule has 1 amide bonds. The van der Waals surface area contributed by atoms with E-state index in [4.69, 9.17) is 18.6 Å². The zero-order valence-corrected chi connectivity index (χ0v) is 18.4. The van der Waals surface area contributed by atoms with Gasteiger partial charge in [-0.3, -0.25) is 9.59 Å². The van der Waals surface area contributed by atoms with E-state index in [0.29, 0.717) is 34.1 Å². The lowest BCUT2D eigenvalue weighted by Crippen LogP contribution is -2.29. The number of hydrogen-bond acceptors (Lipinski definition) is 7. The highest BCUT2D eigenvalue weighted by Crippen LogP contribution is 2.44. The highest BCUT2D eigenvalue weighted by molar-refractivity contribution is 6.46. The van der Waals surface area contributed by atoms with E-state index in [1.54, 1.807) is 54.6 Å². The van der Waals surface area contributed by atoms with Crippen LogP contribution < -0.4 is 14.2 Å². The smallest absolute Gasteiger partial charge is 0.296 e. The number of ketones is 1. The third kappa shape index (κ3) is 4.03. The highest BCUT2D eigenvalue weighted by atomic mass is 16.5. The number of hydrogen-bond donors (Lipinski definition) is 1. The molecule has 1 aliphatic rings. The van der Waals surface area contributed by atoms with E-state index in [9.17, 15) is 14.7 Å². The number of methoxy groups -OCH3 is 3. The van der Waals surface area contributed by atoms with Crippen molar-refractivity contribution < 1.29 is 33.3 Å². The molecule has 2 heterocycles. The van der Waals surface area contributed by atoms with Gasteiger partial charge in [0.25, 0.3) is 11.7 Å². The van der Waals surface area contributed by atoms with Gasteiger partial charge >= 0.3 is 0 Å². The number of carbonyl (C=O) groups excluding carboxylic acids is 2. The molecule has 1 unspecified atom stereocenters. The quantitative estimate of drug-likeness (QED) is 0.332. The van der Waals surface area contributed by atoms with E-state index in [1.165, 1.54) is 32.5 Å². The van der Waals surface area contributed by atoms with Crippen LogP contribution in [0.1, 0.15) is 22.9 Å². The van der Waals surface area contributed by atoms with Crippen molar-refractivity contribution in [3.05, 3.63) is 83.3 Å². The normalized spacial score (nSPS) is 17.3. The van der Waals surface area contributed by atoms with Crippen LogP contribution >= 0.6 is 0 Å². The minimum absolute atomic E-state index is 0.0385. The van der Waals surface area contributed by atoms with Gasteiger partial charge in [-0.05, 0) is 48.5 Å². The van der Waals surface area contributed by atoms with E-state index in [2.05, 4.69) is 0 Å². The molecule has 2 aromatic carbocycles. The van der Waals surface area contributed by atoms with Crippen molar-refractivity contribution in [2.75, 3.05) is 21.3 Å². The Hall–Kier alpha value is -4.20. The fraction of sp³-hybridized carbons (Fsp3) is 0.200. The molecule has 8 heteroatoms. The van der Waals surface area contributed by atoms with E-state index in [0.717, 1.165) is 0 Å². The monoisotopic (exact) mass is 449 g/mol. The molecule has 170 valence electrons. The van der Waals surface area contributed by atoms with Crippen LogP contribution in [0.15, 0.2) is 70.9 Å². The van der Waals surface area contributed by atoms with Crippen LogP contribution in [0.25, 0.3) is 5.76 Å². The summed E-state index contributed by atoms with van der Waals surface area (Å²) in [6.45, 7) is 0.0385. The molecule has 8 nitrogen and oxygen atoms in total. The Morgan fingerprint density at radius 1 is 0.970 bits per heavy atom. The summed E-state index contributed by atoms with van der Waals surface area (Å²) in [5, 5.41) is 11.2. The van der Waals surface area contributed by atoms with Gasteiger partial charge in [-0.25, -0.2) is 0 Å². The van der Waals surface area contributed by atoms with Crippen LogP contribution in [0.5, 0.6) is 17.2 Å². The maximum Gasteiger partial charge on any atom is 0.296 e. The lowest BCUT2D eigenvalue weighted by atomic mass is 9.94. The Labute approximate surface area is 190 Å². The van der Waals surface area contributed by atoms with Crippen LogP contribution in [-0.4, -0.2) is 43.0 Å². The van der Waals surface area contributed by atoms with Crippen molar-refractivity contribution in [1.82, 2.24) is 4.90 Å². The number of carbonyl (C=O) groups is 2. The summed E-state index contributed by atoms with van der Waals surface area (Å²) in [5.74, 6) is 0.222. The molecule has 0 bridgehead atoms. The Kier molecular flexibility index (Phi) is 6.08. The molecule has 3 aromatic rings. The zero-order valence-electron chi connectivity index (χ0n) is 18.4. The van der Waals surface area contributed by atoms with Crippen LogP contribution in [0.2, 0.25) is 0 Å². The molecule has 0 aliphatic carbocycles. The van der Waals surface area contributed by atoms with Crippen molar-refractivity contribution in [2.45, 2.75) is 12.6 Å². The summed E-state index contributed by atoms with van der Waals surface area (Å²) in [6, 6.07) is 14.2. The van der Waals surface area contributed by atoms with Crippen LogP contribution in [-0.2, 0) is 16.1 Å². The van der Waals surface area contributed by atoms with Gasteiger partial charge in [0.05, 0.1) is 45.8 Å². The number of furan rings is 1. The molecule has 0 spiro atoms. The summed E-state index contributed by atoms with van der Waals surface area (Å²) >= 11 is 0. The third-order valence-corrected chi connectivity index (χ3v) is 5.54. The first-order valence-electron chi connectivity index (χ1n) is 10.2. The summed E-state index contributed by atoms with van der Waals surface area (Å²) in [4.78, 5) is 27.6. The van der Waals surface area contributed by atoms with Crippen molar-refractivity contribution in [1.29, 1.82) is 0 Å². The van der Waals surface area contributed by atoms with Gasteiger partial charge in [-0.15, -0.1) is 0 Å². The molecule has 0 radical (unpaired) electrons. The number of ether oxygens (including phenoxy) is 3. The topological polar surface area (TPSA) is 98.4 Å². The molecule has 1 aromatic heterocycles. The lowest BCUT2D eigenvalue weighted by molar-refractivity contribution is -0.140. The minimum atomic E-state index is -0.905. The maximum absolute atomic E-state index is 13.2. The van der Waals surface area contributed by atoms with E-state index < -0.39 is 17.7 Å². The standard InChI is InChI=1S/C25H23NO7/c1-30-16-8-6-15(7-9-16)23(27)21-22(19-11-10-17(31-2)13-20(19)32-3)26(25(29)24(21)28)14-18-5-4-12-33-18/h4-13,22,27H,14H2,1-3H3/b23-21-. The molecule has 1 aliphatic heterocycles. The Balaban J connectivity index is 1.90. The Morgan fingerprint density at radius 3 is 2.27 bits per heavy atom. The number of amides is 1. The van der Waals surface area contributed by atoms with Crippen LogP contribution in [0.4, 0.5) is 0 Å². The second-order valence-electron chi connectivity index (χ2n) is 7.34. The molecule has 4 rings (SSSR count). The number of aliphatic hydroxyl groups excluding tert-OH is 1. The predicted octanol–water partition coefficient (Wildman–Crippen LogP) is 3.93.